The highest BCUT2D eigenvalue weighted by Crippen LogP contribution is 2.19. The number of hydrogen-bond acceptors (Lipinski definition) is 3. The first kappa shape index (κ1) is 20.6. The van der Waals surface area contributed by atoms with Crippen LogP contribution in [0.3, 0.4) is 0 Å². The van der Waals surface area contributed by atoms with E-state index in [4.69, 9.17) is 11.6 Å². The Labute approximate surface area is 183 Å². The zero-order valence-corrected chi connectivity index (χ0v) is 17.4. The summed E-state index contributed by atoms with van der Waals surface area (Å²) in [5, 5.41) is 7.07. The number of aromatic nitrogens is 1. The average molecular weight is 434 g/mol. The van der Waals surface area contributed by atoms with E-state index < -0.39 is 0 Å². The minimum atomic E-state index is -0.294. The van der Waals surface area contributed by atoms with Crippen molar-refractivity contribution in [2.45, 2.75) is 6.54 Å². The topological polar surface area (TPSA) is 80.2 Å². The molecule has 1 heterocycles. The summed E-state index contributed by atoms with van der Waals surface area (Å²) in [6.45, 7) is 0.590. The van der Waals surface area contributed by atoms with Crippen LogP contribution in [0.2, 0.25) is 5.02 Å². The van der Waals surface area contributed by atoms with Gasteiger partial charge in [-0.15, -0.1) is 0 Å². The molecule has 31 heavy (non-hydrogen) atoms. The summed E-state index contributed by atoms with van der Waals surface area (Å²) in [5.74, 6) is -0.511. The van der Waals surface area contributed by atoms with Crippen molar-refractivity contribution in [2.75, 3.05) is 13.1 Å². The molecule has 3 aromatic carbocycles. The Morgan fingerprint density at radius 3 is 1.97 bits per heavy atom. The Hall–Kier alpha value is -3.64. The normalized spacial score (nSPS) is 10.9. The summed E-state index contributed by atoms with van der Waals surface area (Å²) >= 11 is 6.02. The van der Waals surface area contributed by atoms with E-state index >= 15 is 0 Å². The highest BCUT2D eigenvalue weighted by atomic mass is 35.5. The fourth-order valence-corrected chi connectivity index (χ4v) is 3.79. The van der Waals surface area contributed by atoms with Crippen LogP contribution in [0.4, 0.5) is 0 Å². The molecule has 156 valence electrons. The van der Waals surface area contributed by atoms with Crippen LogP contribution in [-0.2, 0) is 11.3 Å². The van der Waals surface area contributed by atoms with E-state index in [1.54, 1.807) is 36.4 Å². The Bertz CT molecular complexity index is 1290. The van der Waals surface area contributed by atoms with Crippen LogP contribution in [0.5, 0.6) is 0 Å². The minimum absolute atomic E-state index is 0.0508. The first-order valence-corrected chi connectivity index (χ1v) is 10.2. The number of carbonyl (C=O) groups excluding carboxylic acids is 2. The summed E-state index contributed by atoms with van der Waals surface area (Å²) in [5.41, 5.74) is 1.74. The van der Waals surface area contributed by atoms with Gasteiger partial charge in [-0.1, -0.05) is 48.0 Å². The third kappa shape index (κ3) is 4.29. The Morgan fingerprint density at radius 1 is 0.774 bits per heavy atom. The molecule has 7 heteroatoms. The van der Waals surface area contributed by atoms with Crippen molar-refractivity contribution in [2.24, 2.45) is 0 Å². The van der Waals surface area contributed by atoms with E-state index in [1.165, 1.54) is 0 Å². The van der Waals surface area contributed by atoms with Gasteiger partial charge >= 0.3 is 0 Å². The number of pyridine rings is 1. The SMILES string of the molecule is O=C(Cn1c2ccccc2c(=O)c2ccccc21)NCCNC(=O)c1ccccc1Cl. The van der Waals surface area contributed by atoms with Crippen molar-refractivity contribution in [1.29, 1.82) is 0 Å². The Balaban J connectivity index is 1.45. The van der Waals surface area contributed by atoms with Crippen LogP contribution in [0.25, 0.3) is 21.8 Å². The number of benzene rings is 3. The number of rotatable bonds is 6. The van der Waals surface area contributed by atoms with Crippen LogP contribution in [0, 0.1) is 0 Å². The largest absolute Gasteiger partial charge is 0.353 e. The zero-order valence-electron chi connectivity index (χ0n) is 16.6. The molecular formula is C24H20ClN3O3. The molecule has 0 atom stereocenters. The summed E-state index contributed by atoms with van der Waals surface area (Å²) in [6, 6.07) is 21.3. The minimum Gasteiger partial charge on any atom is -0.353 e. The Kier molecular flexibility index (Phi) is 6.00. The molecule has 0 bridgehead atoms. The highest BCUT2D eigenvalue weighted by Gasteiger charge is 2.13. The average Bonchev–Trinajstić information content (AvgIpc) is 2.79. The van der Waals surface area contributed by atoms with E-state index in [2.05, 4.69) is 10.6 Å². The van der Waals surface area contributed by atoms with E-state index in [9.17, 15) is 14.4 Å². The van der Waals surface area contributed by atoms with Crippen molar-refractivity contribution >= 4 is 45.2 Å². The first-order valence-electron chi connectivity index (χ1n) is 9.86. The van der Waals surface area contributed by atoms with E-state index in [-0.39, 0.29) is 36.9 Å². The van der Waals surface area contributed by atoms with E-state index in [0.29, 0.717) is 32.4 Å². The standard InChI is InChI=1S/C24H20ClN3O3/c25-19-10-4-1-7-16(19)24(31)27-14-13-26-22(29)15-28-20-11-5-2-8-17(20)23(30)18-9-3-6-12-21(18)28/h1-12H,13-15H2,(H,26,29)(H,27,31). The number of halogens is 1. The summed E-state index contributed by atoms with van der Waals surface area (Å²) in [4.78, 5) is 37.6. The van der Waals surface area contributed by atoms with Crippen LogP contribution >= 0.6 is 11.6 Å². The van der Waals surface area contributed by atoms with Gasteiger partial charge < -0.3 is 15.2 Å². The van der Waals surface area contributed by atoms with Gasteiger partial charge in [-0.2, -0.15) is 0 Å². The number of nitrogens with one attached hydrogen (secondary N) is 2. The monoisotopic (exact) mass is 433 g/mol. The predicted octanol–water partition coefficient (Wildman–Crippen LogP) is 3.35. The van der Waals surface area contributed by atoms with Gasteiger partial charge in [0.25, 0.3) is 5.91 Å². The smallest absolute Gasteiger partial charge is 0.252 e. The summed E-state index contributed by atoms with van der Waals surface area (Å²) in [6.07, 6.45) is 0. The van der Waals surface area contributed by atoms with Gasteiger partial charge in [0.15, 0.2) is 5.43 Å². The zero-order chi connectivity index (χ0) is 21.8. The van der Waals surface area contributed by atoms with Gasteiger partial charge in [0.05, 0.1) is 21.6 Å². The van der Waals surface area contributed by atoms with Crippen molar-refractivity contribution in [3.8, 4) is 0 Å². The quantitative estimate of drug-likeness (QED) is 0.361. The van der Waals surface area contributed by atoms with Gasteiger partial charge in [-0.05, 0) is 36.4 Å². The molecular weight excluding hydrogens is 414 g/mol. The fourth-order valence-electron chi connectivity index (χ4n) is 3.57. The molecule has 0 aliphatic heterocycles. The third-order valence-corrected chi connectivity index (χ3v) is 5.36. The maximum Gasteiger partial charge on any atom is 0.252 e. The predicted molar refractivity (Wildman–Crippen MR) is 123 cm³/mol. The maximum absolute atomic E-state index is 12.8. The number of nitrogens with zero attached hydrogens (tertiary/aromatic N) is 1. The number of hydrogen-bond donors (Lipinski definition) is 2. The first-order chi connectivity index (χ1) is 15.1. The van der Waals surface area contributed by atoms with Gasteiger partial charge in [0.2, 0.25) is 5.91 Å². The van der Waals surface area contributed by atoms with Crippen molar-refractivity contribution in [3.05, 3.63) is 93.6 Å². The molecule has 0 radical (unpaired) electrons. The van der Waals surface area contributed by atoms with Crippen molar-refractivity contribution in [3.63, 3.8) is 0 Å². The lowest BCUT2D eigenvalue weighted by Gasteiger charge is -2.15. The van der Waals surface area contributed by atoms with E-state index in [0.717, 1.165) is 0 Å². The second-order valence-corrected chi connectivity index (χ2v) is 7.44. The van der Waals surface area contributed by atoms with Gasteiger partial charge in [-0.3, -0.25) is 14.4 Å². The molecule has 0 fully saturated rings. The molecule has 2 N–H and O–H groups in total. The van der Waals surface area contributed by atoms with Crippen LogP contribution < -0.4 is 16.1 Å². The van der Waals surface area contributed by atoms with Crippen molar-refractivity contribution < 1.29 is 9.59 Å². The lowest BCUT2D eigenvalue weighted by atomic mass is 10.1. The molecule has 1 aromatic heterocycles. The second kappa shape index (κ2) is 9.02. The number of para-hydroxylation sites is 2. The molecule has 0 saturated carbocycles. The summed E-state index contributed by atoms with van der Waals surface area (Å²) < 4.78 is 1.84. The van der Waals surface area contributed by atoms with Gasteiger partial charge in [-0.25, -0.2) is 0 Å². The highest BCUT2D eigenvalue weighted by molar-refractivity contribution is 6.33. The maximum atomic E-state index is 12.8. The van der Waals surface area contributed by atoms with Crippen LogP contribution in [0.15, 0.2) is 77.6 Å². The van der Waals surface area contributed by atoms with Gasteiger partial charge in [0.1, 0.15) is 6.54 Å². The molecule has 0 saturated heterocycles. The molecule has 6 nitrogen and oxygen atoms in total. The molecule has 2 amide bonds. The fraction of sp³-hybridized carbons (Fsp3) is 0.125. The molecule has 0 aliphatic carbocycles. The summed E-state index contributed by atoms with van der Waals surface area (Å²) in [7, 11) is 0. The number of amides is 2. The molecule has 4 rings (SSSR count). The van der Waals surface area contributed by atoms with Crippen LogP contribution in [0.1, 0.15) is 10.4 Å². The second-order valence-electron chi connectivity index (χ2n) is 7.04. The molecule has 0 aliphatic rings. The van der Waals surface area contributed by atoms with Crippen molar-refractivity contribution in [1.82, 2.24) is 15.2 Å². The number of fused-ring (bicyclic) bond motifs is 2. The van der Waals surface area contributed by atoms with Gasteiger partial charge in [0, 0.05) is 23.9 Å². The van der Waals surface area contributed by atoms with E-state index in [1.807, 2.05) is 41.0 Å². The molecule has 0 unspecified atom stereocenters. The number of carbonyl (C=O) groups is 2. The lowest BCUT2D eigenvalue weighted by Crippen LogP contribution is -2.36. The molecule has 4 aromatic rings. The van der Waals surface area contributed by atoms with Crippen LogP contribution in [-0.4, -0.2) is 29.5 Å². The Morgan fingerprint density at radius 2 is 1.32 bits per heavy atom. The third-order valence-electron chi connectivity index (χ3n) is 5.03. The lowest BCUT2D eigenvalue weighted by molar-refractivity contribution is -0.121. The molecule has 0 spiro atoms.